The van der Waals surface area contributed by atoms with Gasteiger partial charge in [-0.1, -0.05) is 30.0 Å². The van der Waals surface area contributed by atoms with Crippen molar-refractivity contribution >= 4 is 28.7 Å². The molecule has 0 aliphatic carbocycles. The number of nitrogens with one attached hydrogen (secondary N) is 1. The van der Waals surface area contributed by atoms with Crippen molar-refractivity contribution in [1.82, 2.24) is 5.32 Å². The number of rotatable bonds is 11. The summed E-state index contributed by atoms with van der Waals surface area (Å²) in [5, 5.41) is 2.81. The maximum Gasteiger partial charge on any atom is 0.252 e. The lowest BCUT2D eigenvalue weighted by Gasteiger charge is -2.09. The van der Waals surface area contributed by atoms with E-state index < -0.39 is 0 Å². The van der Waals surface area contributed by atoms with Gasteiger partial charge in [0, 0.05) is 42.8 Å². The summed E-state index contributed by atoms with van der Waals surface area (Å²) in [6.07, 6.45) is 6.93. The minimum Gasteiger partial charge on any atom is -1.00 e. The summed E-state index contributed by atoms with van der Waals surface area (Å²) in [7, 11) is 0. The van der Waals surface area contributed by atoms with Crippen molar-refractivity contribution in [2.75, 3.05) is 6.54 Å². The van der Waals surface area contributed by atoms with Gasteiger partial charge >= 0.3 is 0 Å². The van der Waals surface area contributed by atoms with Gasteiger partial charge in [0.25, 0.3) is 5.91 Å². The first-order chi connectivity index (χ1) is 13.6. The highest BCUT2D eigenvalue weighted by Crippen LogP contribution is 2.25. The second-order valence-electron chi connectivity index (χ2n) is 6.37. The Morgan fingerprint density at radius 1 is 0.931 bits per heavy atom. The SMILES string of the molecule is NC(=O)CCCNC(=O)c1ccccc1SC(=O)CCCC[n+]1ccccc1.[Br-]. The maximum atomic E-state index is 12.4. The van der Waals surface area contributed by atoms with E-state index in [-0.39, 0.29) is 40.3 Å². The summed E-state index contributed by atoms with van der Waals surface area (Å²) in [6.45, 7) is 1.24. The predicted molar refractivity (Wildman–Crippen MR) is 109 cm³/mol. The van der Waals surface area contributed by atoms with E-state index in [4.69, 9.17) is 5.73 Å². The molecule has 0 saturated heterocycles. The molecule has 3 N–H and O–H groups in total. The highest BCUT2D eigenvalue weighted by atomic mass is 79.9. The number of nitrogens with two attached hydrogens (primary N) is 1. The Morgan fingerprint density at radius 2 is 1.66 bits per heavy atom. The second-order valence-corrected chi connectivity index (χ2v) is 7.47. The molecular weight excluding hydrogens is 454 g/mol. The van der Waals surface area contributed by atoms with Gasteiger partial charge in [0.05, 0.1) is 5.56 Å². The van der Waals surface area contributed by atoms with Crippen LogP contribution in [0.1, 0.15) is 42.5 Å². The average Bonchev–Trinajstić information content (AvgIpc) is 2.69. The average molecular weight is 480 g/mol. The van der Waals surface area contributed by atoms with Crippen LogP contribution in [-0.4, -0.2) is 23.5 Å². The summed E-state index contributed by atoms with van der Waals surface area (Å²) in [5.41, 5.74) is 5.56. The monoisotopic (exact) mass is 479 g/mol. The summed E-state index contributed by atoms with van der Waals surface area (Å²) in [5.74, 6) is -0.637. The highest BCUT2D eigenvalue weighted by molar-refractivity contribution is 8.13. The normalized spacial score (nSPS) is 10.1. The molecule has 1 heterocycles. The van der Waals surface area contributed by atoms with Crippen molar-refractivity contribution in [2.45, 2.75) is 43.5 Å². The number of aromatic nitrogens is 1. The first-order valence-electron chi connectivity index (χ1n) is 9.36. The molecule has 1 aromatic carbocycles. The summed E-state index contributed by atoms with van der Waals surface area (Å²) in [4.78, 5) is 36.1. The zero-order chi connectivity index (χ0) is 20.2. The number of thioether (sulfide) groups is 1. The first kappa shape index (κ1) is 24.8. The number of carbonyl (C=O) groups is 3. The molecule has 8 heteroatoms. The van der Waals surface area contributed by atoms with Crippen LogP contribution in [0.3, 0.4) is 0 Å². The van der Waals surface area contributed by atoms with Crippen LogP contribution in [0, 0.1) is 0 Å². The number of aryl methyl sites for hydroxylation is 1. The number of unbranched alkanes of at least 4 members (excludes halogenated alkanes) is 1. The molecule has 1 aromatic heterocycles. The van der Waals surface area contributed by atoms with Crippen molar-refractivity contribution in [3.63, 3.8) is 0 Å². The molecule has 0 aliphatic rings. The largest absolute Gasteiger partial charge is 1.00 e. The van der Waals surface area contributed by atoms with Gasteiger partial charge in [-0.3, -0.25) is 14.4 Å². The summed E-state index contributed by atoms with van der Waals surface area (Å²) >= 11 is 1.11. The van der Waals surface area contributed by atoms with Crippen LogP contribution in [0.5, 0.6) is 0 Å². The van der Waals surface area contributed by atoms with E-state index in [2.05, 4.69) is 9.88 Å². The molecular formula is C21H26BrN3O3S. The van der Waals surface area contributed by atoms with E-state index in [1.54, 1.807) is 18.2 Å². The lowest BCUT2D eigenvalue weighted by Crippen LogP contribution is -3.00. The number of amides is 2. The Bertz CT molecular complexity index is 803. The molecule has 29 heavy (non-hydrogen) atoms. The van der Waals surface area contributed by atoms with Crippen LogP contribution in [0.2, 0.25) is 0 Å². The smallest absolute Gasteiger partial charge is 0.252 e. The lowest BCUT2D eigenvalue weighted by atomic mass is 10.2. The summed E-state index contributed by atoms with van der Waals surface area (Å²) in [6, 6.07) is 13.0. The van der Waals surface area contributed by atoms with Crippen molar-refractivity contribution in [1.29, 1.82) is 0 Å². The number of carbonyl (C=O) groups excluding carboxylic acids is 3. The maximum absolute atomic E-state index is 12.4. The number of pyridine rings is 1. The standard InChI is InChI=1S/C21H25N3O3S.BrH/c22-19(25)11-8-13-23-21(27)17-9-2-3-10-18(17)28-20(26)12-4-7-16-24-14-5-1-6-15-24;/h1-3,5-6,9-10,14-15H,4,7-8,11-13,16H2,(H2-,22,23,25,27);1H. The molecule has 0 radical (unpaired) electrons. The molecule has 2 rings (SSSR count). The molecule has 0 bridgehead atoms. The van der Waals surface area contributed by atoms with Gasteiger partial charge in [-0.15, -0.1) is 0 Å². The fourth-order valence-corrected chi connectivity index (χ4v) is 3.53. The zero-order valence-corrected chi connectivity index (χ0v) is 18.6. The quantitative estimate of drug-likeness (QED) is 0.257. The highest BCUT2D eigenvalue weighted by Gasteiger charge is 2.14. The molecule has 0 atom stereocenters. The van der Waals surface area contributed by atoms with E-state index in [1.807, 2.05) is 36.7 Å². The number of hydrogen-bond donors (Lipinski definition) is 2. The zero-order valence-electron chi connectivity index (χ0n) is 16.2. The lowest BCUT2D eigenvalue weighted by molar-refractivity contribution is -0.697. The Balaban J connectivity index is 0.00000420. The summed E-state index contributed by atoms with van der Waals surface area (Å²) < 4.78 is 2.09. The van der Waals surface area contributed by atoms with E-state index in [0.717, 1.165) is 31.1 Å². The third-order valence-electron chi connectivity index (χ3n) is 4.07. The minimum absolute atomic E-state index is 0. The Hall–Kier alpha value is -2.19. The van der Waals surface area contributed by atoms with Gasteiger partial charge in [-0.25, -0.2) is 4.57 Å². The van der Waals surface area contributed by atoms with Gasteiger partial charge in [0.2, 0.25) is 5.91 Å². The van der Waals surface area contributed by atoms with Gasteiger partial charge in [0.15, 0.2) is 17.5 Å². The molecule has 6 nitrogen and oxygen atoms in total. The fourth-order valence-electron chi connectivity index (χ4n) is 2.62. The molecule has 2 aromatic rings. The Kier molecular flexibility index (Phi) is 11.9. The second kappa shape index (κ2) is 13.9. The number of nitrogens with zero attached hydrogens (tertiary/aromatic N) is 1. The number of halogens is 1. The first-order valence-corrected chi connectivity index (χ1v) is 10.2. The predicted octanol–water partition coefficient (Wildman–Crippen LogP) is -0.537. The van der Waals surface area contributed by atoms with Gasteiger partial charge in [-0.2, -0.15) is 0 Å². The Morgan fingerprint density at radius 3 is 2.38 bits per heavy atom. The van der Waals surface area contributed by atoms with Gasteiger partial charge in [-0.05, 0) is 25.0 Å². The number of benzene rings is 1. The van der Waals surface area contributed by atoms with Crippen LogP contribution >= 0.6 is 11.8 Å². The van der Waals surface area contributed by atoms with Gasteiger partial charge < -0.3 is 28.0 Å². The van der Waals surface area contributed by atoms with Crippen LogP contribution in [-0.2, 0) is 16.1 Å². The van der Waals surface area contributed by atoms with Crippen molar-refractivity contribution in [3.8, 4) is 0 Å². The van der Waals surface area contributed by atoms with Crippen LogP contribution < -0.4 is 32.6 Å². The van der Waals surface area contributed by atoms with Crippen molar-refractivity contribution < 1.29 is 35.9 Å². The third kappa shape index (κ3) is 9.71. The Labute approximate surface area is 186 Å². The number of primary amides is 1. The molecule has 0 fully saturated rings. The van der Waals surface area contributed by atoms with E-state index in [0.29, 0.717) is 29.8 Å². The van der Waals surface area contributed by atoms with Gasteiger partial charge in [0.1, 0.15) is 6.54 Å². The van der Waals surface area contributed by atoms with Crippen molar-refractivity contribution in [2.24, 2.45) is 5.73 Å². The third-order valence-corrected chi connectivity index (χ3v) is 5.07. The van der Waals surface area contributed by atoms with Crippen LogP contribution in [0.25, 0.3) is 0 Å². The molecule has 156 valence electrons. The van der Waals surface area contributed by atoms with Crippen LogP contribution in [0.15, 0.2) is 59.8 Å². The molecule has 0 aliphatic heterocycles. The van der Waals surface area contributed by atoms with Crippen molar-refractivity contribution in [3.05, 3.63) is 60.4 Å². The van der Waals surface area contributed by atoms with E-state index in [1.165, 1.54) is 0 Å². The fraction of sp³-hybridized carbons (Fsp3) is 0.333. The van der Waals surface area contributed by atoms with E-state index in [9.17, 15) is 14.4 Å². The number of hydrogen-bond acceptors (Lipinski definition) is 4. The minimum atomic E-state index is -0.388. The molecule has 0 spiro atoms. The molecule has 2 amide bonds. The van der Waals surface area contributed by atoms with E-state index >= 15 is 0 Å². The molecule has 0 saturated carbocycles. The molecule has 0 unspecified atom stereocenters. The topological polar surface area (TPSA) is 93.1 Å². The van der Waals surface area contributed by atoms with Crippen LogP contribution in [0.4, 0.5) is 0 Å².